The predicted molar refractivity (Wildman–Crippen MR) is 88.7 cm³/mol. The summed E-state index contributed by atoms with van der Waals surface area (Å²) in [7, 11) is 0. The molecule has 1 fully saturated rings. The molecule has 4 nitrogen and oxygen atoms in total. The van der Waals surface area contributed by atoms with Crippen molar-refractivity contribution < 1.29 is 4.79 Å². The summed E-state index contributed by atoms with van der Waals surface area (Å²) < 4.78 is 0. The molecule has 0 saturated heterocycles. The third-order valence-corrected chi connectivity index (χ3v) is 5.20. The Kier molecular flexibility index (Phi) is 5.84. The van der Waals surface area contributed by atoms with Gasteiger partial charge in [-0.05, 0) is 44.2 Å². The van der Waals surface area contributed by atoms with Crippen LogP contribution in [0.1, 0.15) is 49.4 Å². The molecular weight excluding hydrogens is 294 g/mol. The smallest absolute Gasteiger partial charge is 0.230 e. The number of nitriles is 1. The van der Waals surface area contributed by atoms with E-state index in [1.165, 1.54) is 31.0 Å². The molecule has 1 heterocycles. The maximum absolute atomic E-state index is 12.2. The number of pyridine rings is 1. The minimum Gasteiger partial charge on any atom is -0.352 e. The van der Waals surface area contributed by atoms with E-state index in [0.717, 1.165) is 17.7 Å². The second kappa shape index (κ2) is 7.64. The first-order valence-electron chi connectivity index (χ1n) is 7.81. The molecule has 1 aromatic heterocycles. The van der Waals surface area contributed by atoms with Crippen LogP contribution in [0.15, 0.2) is 11.1 Å². The number of rotatable bonds is 4. The summed E-state index contributed by atoms with van der Waals surface area (Å²) in [5, 5.41) is 13.0. The fraction of sp³-hybridized carbons (Fsp3) is 0.588. The van der Waals surface area contributed by atoms with E-state index in [4.69, 9.17) is 0 Å². The van der Waals surface area contributed by atoms with Gasteiger partial charge in [-0.25, -0.2) is 4.98 Å². The van der Waals surface area contributed by atoms with Crippen molar-refractivity contribution in [3.63, 3.8) is 0 Å². The van der Waals surface area contributed by atoms with Crippen LogP contribution < -0.4 is 5.32 Å². The van der Waals surface area contributed by atoms with Gasteiger partial charge in [0, 0.05) is 11.7 Å². The van der Waals surface area contributed by atoms with Crippen molar-refractivity contribution in [3.05, 3.63) is 22.9 Å². The standard InChI is InChI=1S/C17H23N3OS/c1-11-6-4-5-7-15(11)20-16(21)10-22-17-14(9-18)12(2)8-13(3)19-17/h8,11,15H,4-7,10H2,1-3H3,(H,20,21). The van der Waals surface area contributed by atoms with Gasteiger partial charge in [0.05, 0.1) is 11.3 Å². The molecule has 0 aliphatic heterocycles. The Morgan fingerprint density at radius 3 is 2.86 bits per heavy atom. The molecule has 1 N–H and O–H groups in total. The topological polar surface area (TPSA) is 65.8 Å². The van der Waals surface area contributed by atoms with E-state index >= 15 is 0 Å². The number of aryl methyl sites for hydroxylation is 2. The Balaban J connectivity index is 1.95. The molecule has 2 atom stereocenters. The molecule has 1 aromatic rings. The average molecular weight is 317 g/mol. The first-order valence-corrected chi connectivity index (χ1v) is 8.80. The predicted octanol–water partition coefficient (Wildman–Crippen LogP) is 3.36. The zero-order chi connectivity index (χ0) is 16.1. The molecule has 0 radical (unpaired) electrons. The maximum Gasteiger partial charge on any atom is 0.230 e. The van der Waals surface area contributed by atoms with E-state index in [0.29, 0.717) is 28.3 Å². The van der Waals surface area contributed by atoms with E-state index in [1.807, 2.05) is 19.9 Å². The SMILES string of the molecule is Cc1cc(C)c(C#N)c(SCC(=O)NC2CCCCC2C)n1. The van der Waals surface area contributed by atoms with Gasteiger partial charge < -0.3 is 5.32 Å². The highest BCUT2D eigenvalue weighted by atomic mass is 32.2. The summed E-state index contributed by atoms with van der Waals surface area (Å²) in [6, 6.07) is 4.38. The molecule has 1 aliphatic carbocycles. The number of hydrogen-bond acceptors (Lipinski definition) is 4. The first kappa shape index (κ1) is 16.8. The van der Waals surface area contributed by atoms with Crippen LogP contribution in [0.5, 0.6) is 0 Å². The molecular formula is C17H23N3OS. The Morgan fingerprint density at radius 1 is 1.45 bits per heavy atom. The lowest BCUT2D eigenvalue weighted by atomic mass is 9.86. The summed E-state index contributed by atoms with van der Waals surface area (Å²) in [6.45, 7) is 6.01. The maximum atomic E-state index is 12.2. The summed E-state index contributed by atoms with van der Waals surface area (Å²) >= 11 is 1.35. The number of nitrogens with one attached hydrogen (secondary N) is 1. The molecule has 0 bridgehead atoms. The monoisotopic (exact) mass is 317 g/mol. The molecule has 1 saturated carbocycles. The van der Waals surface area contributed by atoms with Crippen molar-refractivity contribution in [1.29, 1.82) is 5.26 Å². The highest BCUT2D eigenvalue weighted by Crippen LogP contribution is 2.25. The van der Waals surface area contributed by atoms with Crippen molar-refractivity contribution in [2.24, 2.45) is 5.92 Å². The second-order valence-corrected chi connectivity index (χ2v) is 7.06. The van der Waals surface area contributed by atoms with Crippen molar-refractivity contribution in [1.82, 2.24) is 10.3 Å². The van der Waals surface area contributed by atoms with E-state index in [1.54, 1.807) is 0 Å². The summed E-state index contributed by atoms with van der Waals surface area (Å²) in [6.07, 6.45) is 4.72. The molecule has 0 aromatic carbocycles. The fourth-order valence-electron chi connectivity index (χ4n) is 2.96. The van der Waals surface area contributed by atoms with Gasteiger partial charge in [-0.2, -0.15) is 5.26 Å². The van der Waals surface area contributed by atoms with Crippen LogP contribution >= 0.6 is 11.8 Å². The normalized spacial score (nSPS) is 21.2. The van der Waals surface area contributed by atoms with Crippen molar-refractivity contribution in [3.8, 4) is 6.07 Å². The van der Waals surface area contributed by atoms with Crippen LogP contribution in [0.4, 0.5) is 0 Å². The summed E-state index contributed by atoms with van der Waals surface area (Å²) in [5.41, 5.74) is 2.37. The van der Waals surface area contributed by atoms with Gasteiger partial charge in [-0.15, -0.1) is 0 Å². The molecule has 0 spiro atoms. The lowest BCUT2D eigenvalue weighted by molar-refractivity contribution is -0.119. The van der Waals surface area contributed by atoms with Gasteiger partial charge >= 0.3 is 0 Å². The van der Waals surface area contributed by atoms with Crippen LogP contribution in [0.3, 0.4) is 0 Å². The lowest BCUT2D eigenvalue weighted by Gasteiger charge is -2.29. The molecule has 5 heteroatoms. The molecule has 1 aliphatic rings. The first-order chi connectivity index (χ1) is 10.5. The van der Waals surface area contributed by atoms with Crippen LogP contribution in [-0.2, 0) is 4.79 Å². The third-order valence-electron chi connectivity index (χ3n) is 4.22. The van der Waals surface area contributed by atoms with Crippen molar-refractivity contribution in [2.75, 3.05) is 5.75 Å². The van der Waals surface area contributed by atoms with Crippen molar-refractivity contribution >= 4 is 17.7 Å². The van der Waals surface area contributed by atoms with E-state index in [9.17, 15) is 10.1 Å². The fourth-order valence-corrected chi connectivity index (χ4v) is 3.87. The second-order valence-electron chi connectivity index (χ2n) is 6.10. The van der Waals surface area contributed by atoms with Crippen molar-refractivity contribution in [2.45, 2.75) is 57.5 Å². The van der Waals surface area contributed by atoms with E-state index in [2.05, 4.69) is 23.3 Å². The van der Waals surface area contributed by atoms with E-state index < -0.39 is 0 Å². The largest absolute Gasteiger partial charge is 0.352 e. The van der Waals surface area contributed by atoms with Gasteiger partial charge in [-0.1, -0.05) is 31.5 Å². The van der Waals surface area contributed by atoms with Gasteiger partial charge in [0.25, 0.3) is 0 Å². The minimum absolute atomic E-state index is 0.0357. The number of nitrogens with zero attached hydrogens (tertiary/aromatic N) is 2. The summed E-state index contributed by atoms with van der Waals surface area (Å²) in [5.74, 6) is 0.902. The van der Waals surface area contributed by atoms with Gasteiger partial charge in [-0.3, -0.25) is 4.79 Å². The van der Waals surface area contributed by atoms with Crippen LogP contribution in [0, 0.1) is 31.1 Å². The van der Waals surface area contributed by atoms with E-state index in [-0.39, 0.29) is 5.91 Å². The zero-order valence-electron chi connectivity index (χ0n) is 13.5. The molecule has 118 valence electrons. The Morgan fingerprint density at radius 2 is 2.18 bits per heavy atom. The lowest BCUT2D eigenvalue weighted by Crippen LogP contribution is -2.41. The molecule has 1 amide bonds. The highest BCUT2D eigenvalue weighted by molar-refractivity contribution is 8.00. The van der Waals surface area contributed by atoms with Crippen LogP contribution in [0.25, 0.3) is 0 Å². The quantitative estimate of drug-likeness (QED) is 0.865. The van der Waals surface area contributed by atoms with Crippen LogP contribution in [-0.4, -0.2) is 22.7 Å². The zero-order valence-corrected chi connectivity index (χ0v) is 14.3. The molecule has 2 unspecified atom stereocenters. The minimum atomic E-state index is 0.0357. The number of amides is 1. The molecule has 2 rings (SSSR count). The highest BCUT2D eigenvalue weighted by Gasteiger charge is 2.23. The van der Waals surface area contributed by atoms with Gasteiger partial charge in [0.1, 0.15) is 11.1 Å². The number of aromatic nitrogens is 1. The number of hydrogen-bond donors (Lipinski definition) is 1. The average Bonchev–Trinajstić information content (AvgIpc) is 2.47. The summed E-state index contributed by atoms with van der Waals surface area (Å²) in [4.78, 5) is 16.6. The van der Waals surface area contributed by atoms with Gasteiger partial charge in [0.15, 0.2) is 0 Å². The Bertz CT molecular complexity index is 594. The number of carbonyl (C=O) groups is 1. The Hall–Kier alpha value is -1.54. The molecule has 22 heavy (non-hydrogen) atoms. The van der Waals surface area contributed by atoms with Crippen LogP contribution in [0.2, 0.25) is 0 Å². The number of thioether (sulfide) groups is 1. The Labute approximate surface area is 136 Å². The number of carbonyl (C=O) groups excluding carboxylic acids is 1. The third kappa shape index (κ3) is 4.23. The van der Waals surface area contributed by atoms with Gasteiger partial charge in [0.2, 0.25) is 5.91 Å².